The third-order valence-corrected chi connectivity index (χ3v) is 5.44. The van der Waals surface area contributed by atoms with Crippen LogP contribution in [0.3, 0.4) is 0 Å². The molecule has 1 aromatic heterocycles. The zero-order chi connectivity index (χ0) is 19.8. The van der Waals surface area contributed by atoms with Gasteiger partial charge in [0.2, 0.25) is 5.95 Å². The molecule has 1 aliphatic rings. The molecule has 0 amide bonds. The van der Waals surface area contributed by atoms with E-state index in [4.69, 9.17) is 11.6 Å². The minimum atomic E-state index is -0.120. The SMILES string of the molecule is Cc1nc2n(n1)[C@H](c1ccccc1Cl)C=C(c1ccc(-c3ccccc3)cc1)N2. The van der Waals surface area contributed by atoms with Crippen LogP contribution in [0.2, 0.25) is 5.02 Å². The molecule has 2 heterocycles. The van der Waals surface area contributed by atoms with Gasteiger partial charge >= 0.3 is 0 Å². The number of nitrogens with one attached hydrogen (secondary N) is 1. The van der Waals surface area contributed by atoms with Crippen LogP contribution in [0.5, 0.6) is 0 Å². The van der Waals surface area contributed by atoms with Gasteiger partial charge in [0.15, 0.2) is 0 Å². The van der Waals surface area contributed by atoms with Crippen LogP contribution in [0.4, 0.5) is 5.95 Å². The van der Waals surface area contributed by atoms with Gasteiger partial charge in [0.05, 0.1) is 0 Å². The molecule has 4 aromatic rings. The predicted molar refractivity (Wildman–Crippen MR) is 118 cm³/mol. The average Bonchev–Trinajstić information content (AvgIpc) is 3.14. The fourth-order valence-electron chi connectivity index (χ4n) is 3.68. The monoisotopic (exact) mass is 398 g/mol. The Labute approximate surface area is 174 Å². The molecule has 0 radical (unpaired) electrons. The summed E-state index contributed by atoms with van der Waals surface area (Å²) in [5.74, 6) is 1.44. The Bertz CT molecular complexity index is 1190. The zero-order valence-electron chi connectivity index (χ0n) is 15.9. The number of allylic oxidation sites excluding steroid dienone is 1. The molecular formula is C24H19ClN4. The van der Waals surface area contributed by atoms with E-state index in [0.29, 0.717) is 5.02 Å². The number of anilines is 1. The summed E-state index contributed by atoms with van der Waals surface area (Å²) in [6.07, 6.45) is 2.15. The van der Waals surface area contributed by atoms with E-state index < -0.39 is 0 Å². The molecule has 0 bridgehead atoms. The summed E-state index contributed by atoms with van der Waals surface area (Å²) in [5, 5.41) is 8.71. The third-order valence-electron chi connectivity index (χ3n) is 5.10. The summed E-state index contributed by atoms with van der Waals surface area (Å²) >= 11 is 6.50. The number of aryl methyl sites for hydroxylation is 1. The van der Waals surface area contributed by atoms with Crippen LogP contribution in [-0.2, 0) is 0 Å². The van der Waals surface area contributed by atoms with Crippen molar-refractivity contribution in [3.63, 3.8) is 0 Å². The largest absolute Gasteiger partial charge is 0.324 e. The van der Waals surface area contributed by atoms with Crippen molar-refractivity contribution < 1.29 is 0 Å². The molecule has 0 spiro atoms. The van der Waals surface area contributed by atoms with E-state index in [9.17, 15) is 0 Å². The Balaban J connectivity index is 1.55. The molecule has 5 heteroatoms. The lowest BCUT2D eigenvalue weighted by molar-refractivity contribution is 0.607. The minimum absolute atomic E-state index is 0.120. The van der Waals surface area contributed by atoms with E-state index in [1.165, 1.54) is 11.1 Å². The zero-order valence-corrected chi connectivity index (χ0v) is 16.6. The molecule has 1 atom stereocenters. The highest BCUT2D eigenvalue weighted by Crippen LogP contribution is 2.35. The maximum absolute atomic E-state index is 6.50. The van der Waals surface area contributed by atoms with Crippen molar-refractivity contribution in [2.45, 2.75) is 13.0 Å². The number of aromatic nitrogens is 3. The van der Waals surface area contributed by atoms with E-state index in [-0.39, 0.29) is 6.04 Å². The first-order valence-corrected chi connectivity index (χ1v) is 9.89. The number of hydrogen-bond acceptors (Lipinski definition) is 3. The van der Waals surface area contributed by atoms with Crippen molar-refractivity contribution >= 4 is 23.2 Å². The molecule has 29 heavy (non-hydrogen) atoms. The van der Waals surface area contributed by atoms with Gasteiger partial charge in [0.1, 0.15) is 11.9 Å². The third kappa shape index (κ3) is 3.32. The molecule has 0 saturated heterocycles. The molecule has 0 unspecified atom stereocenters. The molecule has 4 nitrogen and oxygen atoms in total. The Morgan fingerprint density at radius 1 is 0.828 bits per heavy atom. The maximum atomic E-state index is 6.50. The summed E-state index contributed by atoms with van der Waals surface area (Å²) in [4.78, 5) is 4.55. The van der Waals surface area contributed by atoms with Gasteiger partial charge in [-0.3, -0.25) is 0 Å². The van der Waals surface area contributed by atoms with Crippen molar-refractivity contribution in [2.24, 2.45) is 0 Å². The van der Waals surface area contributed by atoms with E-state index >= 15 is 0 Å². The molecular weight excluding hydrogens is 380 g/mol. The van der Waals surface area contributed by atoms with Crippen LogP contribution < -0.4 is 5.32 Å². The van der Waals surface area contributed by atoms with Crippen molar-refractivity contribution in [1.29, 1.82) is 0 Å². The molecule has 1 N–H and O–H groups in total. The quantitative estimate of drug-likeness (QED) is 0.462. The van der Waals surface area contributed by atoms with E-state index in [2.05, 4.69) is 70.0 Å². The number of benzene rings is 3. The first kappa shape index (κ1) is 17.7. The maximum Gasteiger partial charge on any atom is 0.226 e. The molecule has 0 saturated carbocycles. The molecule has 142 valence electrons. The number of rotatable bonds is 3. The Kier molecular flexibility index (Phi) is 4.41. The van der Waals surface area contributed by atoms with Crippen molar-refractivity contribution in [3.05, 3.63) is 107 Å². The standard InChI is InChI=1S/C24H19ClN4/c1-16-26-24-27-22(15-23(29(24)28-16)20-9-5-6-10-21(20)25)19-13-11-18(12-14-19)17-7-3-2-4-8-17/h2-15,23H,1H3,(H,26,27,28)/t23-/m0/s1. The number of halogens is 1. The Morgan fingerprint density at radius 3 is 2.24 bits per heavy atom. The van der Waals surface area contributed by atoms with Gasteiger partial charge in [0, 0.05) is 10.7 Å². The number of nitrogens with zero attached hydrogens (tertiary/aromatic N) is 3. The van der Waals surface area contributed by atoms with Gasteiger partial charge in [-0.2, -0.15) is 10.1 Å². The molecule has 0 fully saturated rings. The van der Waals surface area contributed by atoms with Crippen LogP contribution in [0.1, 0.15) is 23.0 Å². The molecule has 1 aliphatic heterocycles. The summed E-state index contributed by atoms with van der Waals surface area (Å²) in [7, 11) is 0. The predicted octanol–water partition coefficient (Wildman–Crippen LogP) is 5.96. The highest BCUT2D eigenvalue weighted by atomic mass is 35.5. The van der Waals surface area contributed by atoms with Crippen LogP contribution in [0.25, 0.3) is 16.8 Å². The first-order chi connectivity index (χ1) is 14.2. The van der Waals surface area contributed by atoms with Gasteiger partial charge < -0.3 is 5.32 Å². The van der Waals surface area contributed by atoms with Crippen molar-refractivity contribution in [3.8, 4) is 11.1 Å². The lowest BCUT2D eigenvalue weighted by Crippen LogP contribution is -2.20. The fourth-order valence-corrected chi connectivity index (χ4v) is 3.93. The summed E-state index contributed by atoms with van der Waals surface area (Å²) in [5.41, 5.74) is 5.48. The van der Waals surface area contributed by atoms with Gasteiger partial charge in [-0.05, 0) is 41.3 Å². The van der Waals surface area contributed by atoms with Gasteiger partial charge in [-0.1, -0.05) is 84.4 Å². The Hall–Kier alpha value is -3.37. The molecule has 5 rings (SSSR count). The van der Waals surface area contributed by atoms with Crippen LogP contribution in [-0.4, -0.2) is 14.8 Å². The second kappa shape index (κ2) is 7.22. The second-order valence-electron chi connectivity index (χ2n) is 7.04. The highest BCUT2D eigenvalue weighted by molar-refractivity contribution is 6.31. The van der Waals surface area contributed by atoms with Gasteiger partial charge in [0.25, 0.3) is 0 Å². The number of fused-ring (bicyclic) bond motifs is 1. The Morgan fingerprint density at radius 2 is 1.48 bits per heavy atom. The fraction of sp³-hybridized carbons (Fsp3) is 0.0833. The van der Waals surface area contributed by atoms with Crippen LogP contribution in [0, 0.1) is 6.92 Å². The van der Waals surface area contributed by atoms with E-state index in [1.807, 2.05) is 41.9 Å². The highest BCUT2D eigenvalue weighted by Gasteiger charge is 2.25. The summed E-state index contributed by atoms with van der Waals surface area (Å²) < 4.78 is 1.89. The first-order valence-electron chi connectivity index (χ1n) is 9.51. The van der Waals surface area contributed by atoms with Gasteiger partial charge in [-0.25, -0.2) is 4.68 Å². The lowest BCUT2D eigenvalue weighted by atomic mass is 9.99. The minimum Gasteiger partial charge on any atom is -0.324 e. The van der Waals surface area contributed by atoms with Crippen LogP contribution >= 0.6 is 11.6 Å². The second-order valence-corrected chi connectivity index (χ2v) is 7.45. The van der Waals surface area contributed by atoms with E-state index in [0.717, 1.165) is 28.6 Å². The normalized spacial score (nSPS) is 15.4. The van der Waals surface area contributed by atoms with Crippen LogP contribution in [0.15, 0.2) is 84.9 Å². The molecule has 3 aromatic carbocycles. The van der Waals surface area contributed by atoms with Crippen molar-refractivity contribution in [1.82, 2.24) is 14.8 Å². The smallest absolute Gasteiger partial charge is 0.226 e. The average molecular weight is 399 g/mol. The van der Waals surface area contributed by atoms with E-state index in [1.54, 1.807) is 0 Å². The topological polar surface area (TPSA) is 42.7 Å². The number of hydrogen-bond donors (Lipinski definition) is 1. The summed E-state index contributed by atoms with van der Waals surface area (Å²) in [6, 6.07) is 26.7. The van der Waals surface area contributed by atoms with Gasteiger partial charge in [-0.15, -0.1) is 0 Å². The summed E-state index contributed by atoms with van der Waals surface area (Å²) in [6.45, 7) is 1.89. The van der Waals surface area contributed by atoms with Crippen molar-refractivity contribution in [2.75, 3.05) is 5.32 Å². The molecule has 0 aliphatic carbocycles. The lowest BCUT2D eigenvalue weighted by Gasteiger charge is -2.25.